The van der Waals surface area contributed by atoms with Crippen LogP contribution in [0.5, 0.6) is 5.88 Å². The third-order valence-corrected chi connectivity index (χ3v) is 4.92. The molecule has 150 valence electrons. The Balaban J connectivity index is 1.53. The van der Waals surface area contributed by atoms with Gasteiger partial charge in [-0.1, -0.05) is 42.5 Å². The van der Waals surface area contributed by atoms with E-state index in [1.165, 1.54) is 10.9 Å². The number of carboxylic acids is 1. The van der Waals surface area contributed by atoms with E-state index >= 15 is 0 Å². The lowest BCUT2D eigenvalue weighted by Gasteiger charge is -2.26. The summed E-state index contributed by atoms with van der Waals surface area (Å²) < 4.78 is 12.8. The van der Waals surface area contributed by atoms with Crippen LogP contribution in [0.25, 0.3) is 16.8 Å². The number of ether oxygens (including phenoxy) is 2. The molecule has 1 N–H and O–H groups in total. The fourth-order valence-corrected chi connectivity index (χ4v) is 3.33. The van der Waals surface area contributed by atoms with Gasteiger partial charge in [-0.05, 0) is 23.3 Å². The minimum atomic E-state index is -1.06. The number of morpholine rings is 1. The molecule has 7 nitrogen and oxygen atoms in total. The van der Waals surface area contributed by atoms with Crippen molar-refractivity contribution in [1.29, 1.82) is 0 Å². The molecule has 0 radical (unpaired) electrons. The standard InChI is InChI=1S/C22H23N3O4/c26-22(27)20-16-23-25(21(20)29-15-12-24-10-13-28-14-11-24)19-8-6-18(7-9-19)17-4-2-1-3-5-17/h1-9,16H,10-15H2,(H,26,27). The lowest BCUT2D eigenvalue weighted by molar-refractivity contribution is 0.0317. The molecule has 7 heteroatoms. The minimum absolute atomic E-state index is 0.0547. The highest BCUT2D eigenvalue weighted by Crippen LogP contribution is 2.25. The van der Waals surface area contributed by atoms with Crippen LogP contribution in [0.15, 0.2) is 60.8 Å². The van der Waals surface area contributed by atoms with Gasteiger partial charge in [0, 0.05) is 19.6 Å². The number of carbonyl (C=O) groups is 1. The van der Waals surface area contributed by atoms with E-state index in [1.807, 2.05) is 54.6 Å². The van der Waals surface area contributed by atoms with Crippen LogP contribution < -0.4 is 4.74 Å². The molecule has 0 bridgehead atoms. The van der Waals surface area contributed by atoms with Gasteiger partial charge in [0.1, 0.15) is 12.2 Å². The fourth-order valence-electron chi connectivity index (χ4n) is 3.33. The van der Waals surface area contributed by atoms with E-state index in [0.29, 0.717) is 26.4 Å². The van der Waals surface area contributed by atoms with Crippen molar-refractivity contribution in [2.45, 2.75) is 0 Å². The number of benzene rings is 2. The van der Waals surface area contributed by atoms with Crippen LogP contribution in [0.3, 0.4) is 0 Å². The van der Waals surface area contributed by atoms with Gasteiger partial charge in [0.25, 0.3) is 0 Å². The zero-order valence-corrected chi connectivity index (χ0v) is 16.0. The van der Waals surface area contributed by atoms with Gasteiger partial charge in [0.2, 0.25) is 5.88 Å². The van der Waals surface area contributed by atoms with Crippen LogP contribution in [0.4, 0.5) is 0 Å². The topological polar surface area (TPSA) is 76.8 Å². The minimum Gasteiger partial charge on any atom is -0.477 e. The van der Waals surface area contributed by atoms with Crippen molar-refractivity contribution in [2.24, 2.45) is 0 Å². The second-order valence-corrected chi connectivity index (χ2v) is 6.80. The first-order valence-electron chi connectivity index (χ1n) is 9.62. The summed E-state index contributed by atoms with van der Waals surface area (Å²) in [7, 11) is 0. The van der Waals surface area contributed by atoms with Crippen LogP contribution in [0.2, 0.25) is 0 Å². The molecule has 1 fully saturated rings. The Morgan fingerprint density at radius 3 is 2.41 bits per heavy atom. The Hall–Kier alpha value is -3.16. The van der Waals surface area contributed by atoms with E-state index in [4.69, 9.17) is 9.47 Å². The van der Waals surface area contributed by atoms with E-state index in [2.05, 4.69) is 10.00 Å². The lowest BCUT2D eigenvalue weighted by atomic mass is 10.1. The average Bonchev–Trinajstić information content (AvgIpc) is 3.19. The Bertz CT molecular complexity index is 948. The van der Waals surface area contributed by atoms with Crippen molar-refractivity contribution in [3.05, 3.63) is 66.4 Å². The molecule has 1 saturated heterocycles. The van der Waals surface area contributed by atoms with E-state index in [0.717, 1.165) is 29.9 Å². The molecule has 2 aromatic carbocycles. The number of hydrogen-bond acceptors (Lipinski definition) is 5. The van der Waals surface area contributed by atoms with E-state index in [-0.39, 0.29) is 11.4 Å². The first-order chi connectivity index (χ1) is 14.2. The van der Waals surface area contributed by atoms with Crippen LogP contribution in [0, 0.1) is 0 Å². The van der Waals surface area contributed by atoms with Gasteiger partial charge < -0.3 is 14.6 Å². The van der Waals surface area contributed by atoms with E-state index < -0.39 is 5.97 Å². The van der Waals surface area contributed by atoms with Crippen molar-refractivity contribution in [3.63, 3.8) is 0 Å². The third-order valence-electron chi connectivity index (χ3n) is 4.92. The number of nitrogens with zero attached hydrogens (tertiary/aromatic N) is 3. The zero-order chi connectivity index (χ0) is 20.1. The molecule has 0 saturated carbocycles. The van der Waals surface area contributed by atoms with E-state index in [1.54, 1.807) is 0 Å². The fraction of sp³-hybridized carbons (Fsp3) is 0.273. The first-order valence-corrected chi connectivity index (χ1v) is 9.62. The Morgan fingerprint density at radius 1 is 1.03 bits per heavy atom. The summed E-state index contributed by atoms with van der Waals surface area (Å²) >= 11 is 0. The molecule has 0 atom stereocenters. The smallest absolute Gasteiger partial charge is 0.342 e. The second kappa shape index (κ2) is 8.89. The maximum atomic E-state index is 11.6. The first kappa shape index (κ1) is 19.2. The van der Waals surface area contributed by atoms with Gasteiger partial charge in [-0.25, -0.2) is 9.48 Å². The van der Waals surface area contributed by atoms with Crippen molar-refractivity contribution in [2.75, 3.05) is 39.5 Å². The van der Waals surface area contributed by atoms with Crippen molar-refractivity contribution in [3.8, 4) is 22.7 Å². The van der Waals surface area contributed by atoms with Crippen LogP contribution in [0.1, 0.15) is 10.4 Å². The number of rotatable bonds is 7. The van der Waals surface area contributed by atoms with Gasteiger partial charge in [-0.3, -0.25) is 4.90 Å². The second-order valence-electron chi connectivity index (χ2n) is 6.80. The van der Waals surface area contributed by atoms with Gasteiger partial charge in [-0.15, -0.1) is 0 Å². The molecule has 1 aromatic heterocycles. The maximum absolute atomic E-state index is 11.6. The monoisotopic (exact) mass is 393 g/mol. The highest BCUT2D eigenvalue weighted by Gasteiger charge is 2.20. The van der Waals surface area contributed by atoms with Crippen LogP contribution in [-0.2, 0) is 4.74 Å². The lowest BCUT2D eigenvalue weighted by Crippen LogP contribution is -2.38. The highest BCUT2D eigenvalue weighted by molar-refractivity contribution is 5.90. The summed E-state index contributed by atoms with van der Waals surface area (Å²) in [6.07, 6.45) is 1.33. The Kier molecular flexibility index (Phi) is 5.88. The van der Waals surface area contributed by atoms with Crippen LogP contribution in [-0.4, -0.2) is 65.2 Å². The van der Waals surface area contributed by atoms with Gasteiger partial charge in [-0.2, -0.15) is 5.10 Å². The molecule has 2 heterocycles. The summed E-state index contributed by atoms with van der Waals surface area (Å²) in [5.74, 6) is -0.809. The predicted molar refractivity (Wildman–Crippen MR) is 109 cm³/mol. The maximum Gasteiger partial charge on any atom is 0.342 e. The van der Waals surface area contributed by atoms with Crippen molar-refractivity contribution >= 4 is 5.97 Å². The number of carboxylic acid groups (broad SMARTS) is 1. The summed E-state index contributed by atoms with van der Waals surface area (Å²) in [4.78, 5) is 13.8. The van der Waals surface area contributed by atoms with Gasteiger partial charge in [0.15, 0.2) is 0 Å². The number of aromatic carboxylic acids is 1. The Morgan fingerprint density at radius 2 is 1.72 bits per heavy atom. The normalized spacial score (nSPS) is 14.6. The highest BCUT2D eigenvalue weighted by atomic mass is 16.5. The molecule has 1 aliphatic heterocycles. The van der Waals surface area contributed by atoms with E-state index in [9.17, 15) is 9.90 Å². The molecule has 0 spiro atoms. The largest absolute Gasteiger partial charge is 0.477 e. The molecular weight excluding hydrogens is 370 g/mol. The molecule has 4 rings (SSSR count). The van der Waals surface area contributed by atoms with Crippen molar-refractivity contribution in [1.82, 2.24) is 14.7 Å². The number of hydrogen-bond donors (Lipinski definition) is 1. The molecular formula is C22H23N3O4. The summed E-state index contributed by atoms with van der Waals surface area (Å²) in [6, 6.07) is 17.9. The Labute approximate surface area is 169 Å². The predicted octanol–water partition coefficient (Wildman–Crippen LogP) is 2.95. The molecule has 0 aliphatic carbocycles. The third kappa shape index (κ3) is 4.47. The molecule has 0 amide bonds. The van der Waals surface area contributed by atoms with Crippen molar-refractivity contribution < 1.29 is 19.4 Å². The number of aromatic nitrogens is 2. The zero-order valence-electron chi connectivity index (χ0n) is 16.0. The quantitative estimate of drug-likeness (QED) is 0.665. The van der Waals surface area contributed by atoms with Crippen LogP contribution >= 0.6 is 0 Å². The molecule has 3 aromatic rings. The molecule has 29 heavy (non-hydrogen) atoms. The summed E-state index contributed by atoms with van der Waals surface area (Å²) in [6.45, 7) is 4.23. The molecule has 1 aliphatic rings. The summed E-state index contributed by atoms with van der Waals surface area (Å²) in [5.41, 5.74) is 3.00. The SMILES string of the molecule is O=C(O)c1cnn(-c2ccc(-c3ccccc3)cc2)c1OCCN1CCOCC1. The molecule has 0 unspecified atom stereocenters. The summed E-state index contributed by atoms with van der Waals surface area (Å²) in [5, 5.41) is 13.8. The average molecular weight is 393 g/mol. The van der Waals surface area contributed by atoms with Gasteiger partial charge >= 0.3 is 5.97 Å². The van der Waals surface area contributed by atoms with Gasteiger partial charge in [0.05, 0.1) is 25.1 Å².